The molecule has 4 rings (SSSR count). The Morgan fingerprint density at radius 3 is 2.39 bits per heavy atom. The SMILES string of the molecule is CCC1CC2(C)C(CC)CCC2C2CCC3CCCCC3(C)C12. The van der Waals surface area contributed by atoms with Crippen LogP contribution in [0.1, 0.15) is 98.3 Å². The highest BCUT2D eigenvalue weighted by molar-refractivity contribution is 5.10. The fraction of sp³-hybridized carbons (Fsp3) is 1.00. The highest BCUT2D eigenvalue weighted by Crippen LogP contribution is 2.69. The van der Waals surface area contributed by atoms with Crippen LogP contribution in [0.15, 0.2) is 0 Å². The fourth-order valence-corrected chi connectivity index (χ4v) is 8.87. The van der Waals surface area contributed by atoms with Gasteiger partial charge in [-0.1, -0.05) is 53.4 Å². The molecular formula is C23H40. The van der Waals surface area contributed by atoms with Crippen molar-refractivity contribution in [3.63, 3.8) is 0 Å². The van der Waals surface area contributed by atoms with Gasteiger partial charge in [-0.15, -0.1) is 0 Å². The second-order valence-corrected chi connectivity index (χ2v) is 10.4. The Balaban J connectivity index is 1.70. The Morgan fingerprint density at radius 2 is 1.65 bits per heavy atom. The molecule has 23 heavy (non-hydrogen) atoms. The van der Waals surface area contributed by atoms with Crippen molar-refractivity contribution >= 4 is 0 Å². The summed E-state index contributed by atoms with van der Waals surface area (Å²) in [6.07, 6.45) is 16.8. The molecule has 0 heteroatoms. The Morgan fingerprint density at radius 1 is 0.826 bits per heavy atom. The van der Waals surface area contributed by atoms with Crippen LogP contribution in [-0.2, 0) is 0 Å². The molecule has 0 bridgehead atoms. The molecule has 0 N–H and O–H groups in total. The average molecular weight is 317 g/mol. The van der Waals surface area contributed by atoms with Gasteiger partial charge in [-0.25, -0.2) is 0 Å². The Kier molecular flexibility index (Phi) is 4.13. The number of hydrogen-bond donors (Lipinski definition) is 0. The Labute approximate surface area is 145 Å². The van der Waals surface area contributed by atoms with Crippen LogP contribution in [0.4, 0.5) is 0 Å². The maximum atomic E-state index is 2.74. The van der Waals surface area contributed by atoms with Gasteiger partial charge in [-0.05, 0) is 91.3 Å². The van der Waals surface area contributed by atoms with E-state index in [-0.39, 0.29) is 0 Å². The van der Waals surface area contributed by atoms with Gasteiger partial charge in [0, 0.05) is 0 Å². The average Bonchev–Trinajstić information content (AvgIpc) is 2.89. The van der Waals surface area contributed by atoms with Crippen LogP contribution in [0.2, 0.25) is 0 Å². The van der Waals surface area contributed by atoms with E-state index in [4.69, 9.17) is 0 Å². The summed E-state index contributed by atoms with van der Waals surface area (Å²) in [4.78, 5) is 0. The molecule has 132 valence electrons. The minimum absolute atomic E-state index is 0.689. The molecule has 4 aliphatic carbocycles. The minimum Gasteiger partial charge on any atom is -0.0651 e. The van der Waals surface area contributed by atoms with E-state index in [0.29, 0.717) is 10.8 Å². The normalized spacial score (nSPS) is 55.8. The summed E-state index contributed by atoms with van der Waals surface area (Å²) < 4.78 is 0. The van der Waals surface area contributed by atoms with Crippen molar-refractivity contribution in [2.24, 2.45) is 46.3 Å². The first-order valence-corrected chi connectivity index (χ1v) is 11.0. The molecule has 0 amide bonds. The number of rotatable bonds is 2. The molecule has 8 unspecified atom stereocenters. The van der Waals surface area contributed by atoms with E-state index >= 15 is 0 Å². The molecule has 0 nitrogen and oxygen atoms in total. The van der Waals surface area contributed by atoms with E-state index in [1.165, 1.54) is 32.1 Å². The van der Waals surface area contributed by atoms with Crippen molar-refractivity contribution < 1.29 is 0 Å². The van der Waals surface area contributed by atoms with Crippen molar-refractivity contribution in [1.29, 1.82) is 0 Å². The third-order valence-corrected chi connectivity index (χ3v) is 9.87. The van der Waals surface area contributed by atoms with Gasteiger partial charge in [0.2, 0.25) is 0 Å². The summed E-state index contributed by atoms with van der Waals surface area (Å²) in [6, 6.07) is 0. The first-order valence-electron chi connectivity index (χ1n) is 11.0. The predicted octanol–water partition coefficient (Wildman–Crippen LogP) is 7.08. The second kappa shape index (κ2) is 5.77. The predicted molar refractivity (Wildman–Crippen MR) is 99.3 cm³/mol. The van der Waals surface area contributed by atoms with Crippen molar-refractivity contribution in [3.8, 4) is 0 Å². The molecule has 0 aromatic heterocycles. The van der Waals surface area contributed by atoms with Crippen LogP contribution in [0.5, 0.6) is 0 Å². The summed E-state index contributed by atoms with van der Waals surface area (Å²) in [5.41, 5.74) is 1.39. The highest BCUT2D eigenvalue weighted by Gasteiger charge is 2.61. The third-order valence-electron chi connectivity index (χ3n) is 9.87. The van der Waals surface area contributed by atoms with Crippen molar-refractivity contribution in [2.45, 2.75) is 98.3 Å². The monoisotopic (exact) mass is 316 g/mol. The van der Waals surface area contributed by atoms with Gasteiger partial charge in [0.25, 0.3) is 0 Å². The van der Waals surface area contributed by atoms with Gasteiger partial charge in [0.05, 0.1) is 0 Å². The maximum Gasteiger partial charge on any atom is -0.0264 e. The van der Waals surface area contributed by atoms with E-state index in [1.807, 2.05) is 0 Å². The van der Waals surface area contributed by atoms with Gasteiger partial charge < -0.3 is 0 Å². The van der Waals surface area contributed by atoms with Gasteiger partial charge in [-0.2, -0.15) is 0 Å². The lowest BCUT2D eigenvalue weighted by Gasteiger charge is -2.63. The molecule has 0 saturated heterocycles. The van der Waals surface area contributed by atoms with Crippen LogP contribution in [-0.4, -0.2) is 0 Å². The van der Waals surface area contributed by atoms with Gasteiger partial charge in [0.1, 0.15) is 0 Å². The van der Waals surface area contributed by atoms with E-state index in [0.717, 1.165) is 35.5 Å². The lowest BCUT2D eigenvalue weighted by molar-refractivity contribution is -0.143. The first-order chi connectivity index (χ1) is 11.0. The summed E-state index contributed by atoms with van der Waals surface area (Å²) in [6.45, 7) is 10.4. The molecule has 0 aromatic rings. The van der Waals surface area contributed by atoms with E-state index in [9.17, 15) is 0 Å². The van der Waals surface area contributed by atoms with Gasteiger partial charge in [0.15, 0.2) is 0 Å². The smallest absolute Gasteiger partial charge is 0.0264 e. The quantitative estimate of drug-likeness (QED) is 0.510. The van der Waals surface area contributed by atoms with Crippen LogP contribution in [0.3, 0.4) is 0 Å². The molecule has 0 aromatic carbocycles. The molecule has 0 radical (unpaired) electrons. The second-order valence-electron chi connectivity index (χ2n) is 10.4. The molecule has 4 aliphatic rings. The number of hydrogen-bond acceptors (Lipinski definition) is 0. The zero-order chi connectivity index (χ0) is 16.2. The van der Waals surface area contributed by atoms with E-state index in [1.54, 1.807) is 38.5 Å². The van der Waals surface area contributed by atoms with Crippen molar-refractivity contribution in [1.82, 2.24) is 0 Å². The third kappa shape index (κ3) is 2.22. The maximum absolute atomic E-state index is 2.74. The van der Waals surface area contributed by atoms with Crippen LogP contribution >= 0.6 is 0 Å². The molecular weight excluding hydrogens is 276 g/mol. The minimum atomic E-state index is 0.689. The van der Waals surface area contributed by atoms with Crippen LogP contribution < -0.4 is 0 Å². The van der Waals surface area contributed by atoms with Crippen LogP contribution in [0.25, 0.3) is 0 Å². The number of fused-ring (bicyclic) bond motifs is 5. The molecule has 0 heterocycles. The van der Waals surface area contributed by atoms with E-state index in [2.05, 4.69) is 27.7 Å². The lowest BCUT2D eigenvalue weighted by Crippen LogP contribution is -2.56. The molecule has 4 saturated carbocycles. The van der Waals surface area contributed by atoms with Crippen LogP contribution in [0, 0.1) is 46.3 Å². The molecule has 0 spiro atoms. The summed E-state index contributed by atoms with van der Waals surface area (Å²) in [5.74, 6) is 6.34. The van der Waals surface area contributed by atoms with E-state index < -0.39 is 0 Å². The highest BCUT2D eigenvalue weighted by atomic mass is 14.7. The lowest BCUT2D eigenvalue weighted by atomic mass is 9.42. The molecule has 0 aliphatic heterocycles. The fourth-order valence-electron chi connectivity index (χ4n) is 8.87. The zero-order valence-corrected chi connectivity index (χ0v) is 16.2. The first kappa shape index (κ1) is 16.5. The van der Waals surface area contributed by atoms with Gasteiger partial charge >= 0.3 is 0 Å². The topological polar surface area (TPSA) is 0 Å². The standard InChI is InChI=1S/C23H40/c1-5-16-15-23(4)17(6-2)11-13-20(23)19-12-10-18-9-7-8-14-22(18,3)21(16)19/h16-21H,5-15H2,1-4H3. The zero-order valence-electron chi connectivity index (χ0n) is 16.2. The van der Waals surface area contributed by atoms with Crippen molar-refractivity contribution in [3.05, 3.63) is 0 Å². The summed E-state index contributed by atoms with van der Waals surface area (Å²) in [5, 5.41) is 0. The summed E-state index contributed by atoms with van der Waals surface area (Å²) >= 11 is 0. The molecule has 4 fully saturated rings. The Hall–Kier alpha value is 0. The van der Waals surface area contributed by atoms with Gasteiger partial charge in [-0.3, -0.25) is 0 Å². The largest absolute Gasteiger partial charge is 0.0651 e. The van der Waals surface area contributed by atoms with Crippen molar-refractivity contribution in [2.75, 3.05) is 0 Å². The summed E-state index contributed by atoms with van der Waals surface area (Å²) in [7, 11) is 0. The molecule has 8 atom stereocenters. The Bertz CT molecular complexity index is 439.